The number of aromatic nitrogens is 2. The molecule has 0 spiro atoms. The average Bonchev–Trinajstić information content (AvgIpc) is 3.03. The maximum absolute atomic E-state index is 12.7. The second-order valence-corrected chi connectivity index (χ2v) is 6.56. The van der Waals surface area contributed by atoms with Crippen LogP contribution in [0.5, 0.6) is 0 Å². The number of carbonyl (C=O) groups is 1. The van der Waals surface area contributed by atoms with Crippen molar-refractivity contribution in [2.24, 2.45) is 0 Å². The SMILES string of the molecule is Cc1nc(C2(NC(=O)c3ccc(Cl)c([N+](=O)[O-])c3)CCCCC2)no1. The third-order valence-electron chi connectivity index (χ3n) is 4.42. The van der Waals surface area contributed by atoms with Crippen LogP contribution in [-0.4, -0.2) is 21.0 Å². The summed E-state index contributed by atoms with van der Waals surface area (Å²) in [5.74, 6) is 0.446. The van der Waals surface area contributed by atoms with Gasteiger partial charge in [0.2, 0.25) is 5.89 Å². The van der Waals surface area contributed by atoms with Crippen LogP contribution in [0.1, 0.15) is 54.2 Å². The van der Waals surface area contributed by atoms with Crippen molar-refractivity contribution in [2.45, 2.75) is 44.6 Å². The third-order valence-corrected chi connectivity index (χ3v) is 4.74. The number of benzene rings is 1. The monoisotopic (exact) mass is 364 g/mol. The summed E-state index contributed by atoms with van der Waals surface area (Å²) in [6.45, 7) is 1.69. The molecule has 1 amide bonds. The number of nitro benzene ring substituents is 1. The fourth-order valence-electron chi connectivity index (χ4n) is 3.14. The fraction of sp³-hybridized carbons (Fsp3) is 0.438. The van der Waals surface area contributed by atoms with E-state index in [9.17, 15) is 14.9 Å². The molecule has 25 heavy (non-hydrogen) atoms. The Bertz CT molecular complexity index is 814. The summed E-state index contributed by atoms with van der Waals surface area (Å²) in [6.07, 6.45) is 4.30. The van der Waals surface area contributed by atoms with E-state index in [0.717, 1.165) is 19.3 Å². The first kappa shape index (κ1) is 17.3. The number of carbonyl (C=O) groups excluding carboxylic acids is 1. The predicted octanol–water partition coefficient (Wildman–Crippen LogP) is 3.53. The van der Waals surface area contributed by atoms with E-state index in [2.05, 4.69) is 15.5 Å². The highest BCUT2D eigenvalue weighted by Crippen LogP contribution is 2.36. The zero-order valence-electron chi connectivity index (χ0n) is 13.6. The van der Waals surface area contributed by atoms with E-state index in [0.29, 0.717) is 24.6 Å². The largest absolute Gasteiger partial charge is 0.340 e. The summed E-state index contributed by atoms with van der Waals surface area (Å²) in [7, 11) is 0. The summed E-state index contributed by atoms with van der Waals surface area (Å²) in [6, 6.07) is 3.99. The van der Waals surface area contributed by atoms with Gasteiger partial charge in [0.25, 0.3) is 11.6 Å². The Labute approximate surface area is 148 Å². The molecule has 3 rings (SSSR count). The van der Waals surface area contributed by atoms with Gasteiger partial charge in [-0.3, -0.25) is 14.9 Å². The van der Waals surface area contributed by atoms with E-state index in [4.69, 9.17) is 16.1 Å². The number of nitro groups is 1. The molecule has 0 aliphatic heterocycles. The van der Waals surface area contributed by atoms with Crippen LogP contribution in [0.25, 0.3) is 0 Å². The van der Waals surface area contributed by atoms with Gasteiger partial charge in [-0.25, -0.2) is 0 Å². The van der Waals surface area contributed by atoms with Crippen LogP contribution >= 0.6 is 11.6 Å². The van der Waals surface area contributed by atoms with Gasteiger partial charge in [0.15, 0.2) is 5.82 Å². The lowest BCUT2D eigenvalue weighted by molar-refractivity contribution is -0.384. The van der Waals surface area contributed by atoms with Crippen LogP contribution in [-0.2, 0) is 5.54 Å². The fourth-order valence-corrected chi connectivity index (χ4v) is 3.32. The summed E-state index contributed by atoms with van der Waals surface area (Å²) in [5, 5.41) is 18.0. The number of amides is 1. The highest BCUT2D eigenvalue weighted by atomic mass is 35.5. The molecule has 0 atom stereocenters. The van der Waals surface area contributed by atoms with Crippen LogP contribution in [0.15, 0.2) is 22.7 Å². The van der Waals surface area contributed by atoms with Gasteiger partial charge in [-0.1, -0.05) is 36.0 Å². The van der Waals surface area contributed by atoms with Crippen molar-refractivity contribution in [1.29, 1.82) is 0 Å². The molecule has 1 aromatic heterocycles. The molecule has 9 heteroatoms. The molecule has 0 bridgehead atoms. The zero-order valence-corrected chi connectivity index (χ0v) is 14.4. The van der Waals surface area contributed by atoms with E-state index in [1.54, 1.807) is 6.92 Å². The van der Waals surface area contributed by atoms with Crippen LogP contribution < -0.4 is 5.32 Å². The van der Waals surface area contributed by atoms with Crippen molar-refractivity contribution in [3.63, 3.8) is 0 Å². The van der Waals surface area contributed by atoms with Gasteiger partial charge < -0.3 is 9.84 Å². The number of halogens is 1. The molecule has 1 aromatic carbocycles. The van der Waals surface area contributed by atoms with Crippen molar-refractivity contribution in [1.82, 2.24) is 15.5 Å². The lowest BCUT2D eigenvalue weighted by atomic mass is 9.80. The van der Waals surface area contributed by atoms with Crippen molar-refractivity contribution in [2.75, 3.05) is 0 Å². The van der Waals surface area contributed by atoms with Gasteiger partial charge in [-0.2, -0.15) is 4.98 Å². The van der Waals surface area contributed by atoms with Gasteiger partial charge in [0.05, 0.1) is 4.92 Å². The number of hydrogen-bond acceptors (Lipinski definition) is 6. The molecule has 1 N–H and O–H groups in total. The molecule has 8 nitrogen and oxygen atoms in total. The lowest BCUT2D eigenvalue weighted by Crippen LogP contribution is -2.48. The minimum atomic E-state index is -0.721. The molecule has 0 radical (unpaired) electrons. The molecule has 132 valence electrons. The summed E-state index contributed by atoms with van der Waals surface area (Å²) in [5.41, 5.74) is -0.856. The summed E-state index contributed by atoms with van der Waals surface area (Å²) in [4.78, 5) is 27.4. The second kappa shape index (κ2) is 6.79. The first-order valence-corrected chi connectivity index (χ1v) is 8.36. The van der Waals surface area contributed by atoms with Gasteiger partial charge in [-0.05, 0) is 25.0 Å². The maximum atomic E-state index is 12.7. The molecule has 1 saturated carbocycles. The molecule has 0 saturated heterocycles. The number of aryl methyl sites for hydroxylation is 1. The van der Waals surface area contributed by atoms with E-state index >= 15 is 0 Å². The van der Waals surface area contributed by atoms with E-state index in [1.165, 1.54) is 18.2 Å². The van der Waals surface area contributed by atoms with E-state index in [-0.39, 0.29) is 16.3 Å². The molecule has 1 aliphatic carbocycles. The van der Waals surface area contributed by atoms with Gasteiger partial charge in [-0.15, -0.1) is 0 Å². The van der Waals surface area contributed by atoms with E-state index in [1.807, 2.05) is 0 Å². The van der Waals surface area contributed by atoms with Gasteiger partial charge in [0.1, 0.15) is 10.6 Å². The van der Waals surface area contributed by atoms with Gasteiger partial charge >= 0.3 is 0 Å². The molecule has 0 unspecified atom stereocenters. The normalized spacial score (nSPS) is 16.4. The van der Waals surface area contributed by atoms with Crippen LogP contribution in [0, 0.1) is 17.0 Å². The Morgan fingerprint density at radius 1 is 1.36 bits per heavy atom. The second-order valence-electron chi connectivity index (χ2n) is 6.16. The van der Waals surface area contributed by atoms with Crippen LogP contribution in [0.3, 0.4) is 0 Å². The molecule has 2 aromatic rings. The first-order chi connectivity index (χ1) is 11.9. The zero-order chi connectivity index (χ0) is 18.0. The molecular weight excluding hydrogens is 348 g/mol. The Balaban J connectivity index is 1.91. The minimum Gasteiger partial charge on any atom is -0.340 e. The Kier molecular flexibility index (Phi) is 4.71. The average molecular weight is 365 g/mol. The molecule has 1 heterocycles. The van der Waals surface area contributed by atoms with Crippen molar-refractivity contribution in [3.8, 4) is 0 Å². The van der Waals surface area contributed by atoms with Crippen molar-refractivity contribution >= 4 is 23.2 Å². The first-order valence-electron chi connectivity index (χ1n) is 7.98. The quantitative estimate of drug-likeness (QED) is 0.656. The predicted molar refractivity (Wildman–Crippen MR) is 89.4 cm³/mol. The van der Waals surface area contributed by atoms with E-state index < -0.39 is 16.4 Å². The number of nitrogens with zero attached hydrogens (tertiary/aromatic N) is 3. The smallest absolute Gasteiger partial charge is 0.288 e. The van der Waals surface area contributed by atoms with Crippen molar-refractivity contribution in [3.05, 3.63) is 50.6 Å². The third kappa shape index (κ3) is 3.48. The lowest BCUT2D eigenvalue weighted by Gasteiger charge is -2.35. The van der Waals surface area contributed by atoms with Crippen molar-refractivity contribution < 1.29 is 14.2 Å². The molecule has 1 aliphatic rings. The highest BCUT2D eigenvalue weighted by Gasteiger charge is 2.40. The Hall–Kier alpha value is -2.48. The molecular formula is C16H17ClN4O4. The molecule has 1 fully saturated rings. The Morgan fingerprint density at radius 2 is 2.08 bits per heavy atom. The van der Waals surface area contributed by atoms with Crippen LogP contribution in [0.2, 0.25) is 5.02 Å². The maximum Gasteiger partial charge on any atom is 0.288 e. The number of rotatable bonds is 4. The van der Waals surface area contributed by atoms with Gasteiger partial charge in [0, 0.05) is 18.6 Å². The Morgan fingerprint density at radius 3 is 2.68 bits per heavy atom. The summed E-state index contributed by atoms with van der Waals surface area (Å²) >= 11 is 5.81. The topological polar surface area (TPSA) is 111 Å². The van der Waals surface area contributed by atoms with Crippen LogP contribution in [0.4, 0.5) is 5.69 Å². The minimum absolute atomic E-state index is 0.0114. The highest BCUT2D eigenvalue weighted by molar-refractivity contribution is 6.32. The number of hydrogen-bond donors (Lipinski definition) is 1. The standard InChI is InChI=1S/C16H17ClN4O4/c1-10-18-15(20-25-10)16(7-3-2-4-8-16)19-14(22)11-5-6-12(17)13(9-11)21(23)24/h5-6,9H,2-4,7-8H2,1H3,(H,19,22). The summed E-state index contributed by atoms with van der Waals surface area (Å²) < 4.78 is 5.08. The number of nitrogens with one attached hydrogen (secondary N) is 1.